The number of benzene rings is 2. The molecule has 3 rings (SSSR count). The first-order chi connectivity index (χ1) is 13.8. The Morgan fingerprint density at radius 1 is 1.21 bits per heavy atom. The van der Waals surface area contributed by atoms with Crippen molar-refractivity contribution < 1.29 is 14.3 Å². The SMILES string of the molecule is CC(=O)N[C@H]1C(=O)N(CCCOc2cc(C)ccc2C(C)C)c2c(C)cccc21. The van der Waals surface area contributed by atoms with Gasteiger partial charge in [0.2, 0.25) is 5.91 Å². The van der Waals surface area contributed by atoms with Crippen molar-refractivity contribution in [3.8, 4) is 5.75 Å². The van der Waals surface area contributed by atoms with Crippen molar-refractivity contribution in [2.24, 2.45) is 0 Å². The summed E-state index contributed by atoms with van der Waals surface area (Å²) >= 11 is 0. The van der Waals surface area contributed by atoms with Gasteiger partial charge in [-0.2, -0.15) is 0 Å². The van der Waals surface area contributed by atoms with Crippen LogP contribution >= 0.6 is 0 Å². The second-order valence-corrected chi connectivity index (χ2v) is 8.03. The van der Waals surface area contributed by atoms with Gasteiger partial charge in [-0.05, 0) is 48.9 Å². The third-order valence-electron chi connectivity index (χ3n) is 5.29. The van der Waals surface area contributed by atoms with Crippen molar-refractivity contribution in [1.29, 1.82) is 0 Å². The molecule has 5 heteroatoms. The highest BCUT2D eigenvalue weighted by Crippen LogP contribution is 2.38. The molecule has 2 aromatic carbocycles. The Balaban J connectivity index is 1.70. The van der Waals surface area contributed by atoms with Gasteiger partial charge in [-0.25, -0.2) is 0 Å². The van der Waals surface area contributed by atoms with E-state index in [4.69, 9.17) is 4.74 Å². The van der Waals surface area contributed by atoms with Crippen molar-refractivity contribution in [3.63, 3.8) is 0 Å². The van der Waals surface area contributed by atoms with Crippen molar-refractivity contribution in [2.75, 3.05) is 18.1 Å². The van der Waals surface area contributed by atoms with E-state index >= 15 is 0 Å². The highest BCUT2D eigenvalue weighted by molar-refractivity contribution is 6.06. The smallest absolute Gasteiger partial charge is 0.254 e. The van der Waals surface area contributed by atoms with Crippen LogP contribution in [0.2, 0.25) is 0 Å². The average molecular weight is 395 g/mol. The first-order valence-corrected chi connectivity index (χ1v) is 10.2. The van der Waals surface area contributed by atoms with Crippen LogP contribution in [-0.2, 0) is 9.59 Å². The number of para-hydroxylation sites is 1. The Morgan fingerprint density at radius 3 is 2.66 bits per heavy atom. The topological polar surface area (TPSA) is 58.6 Å². The first-order valence-electron chi connectivity index (χ1n) is 10.2. The van der Waals surface area contributed by atoms with Gasteiger partial charge >= 0.3 is 0 Å². The molecular weight excluding hydrogens is 364 g/mol. The summed E-state index contributed by atoms with van der Waals surface area (Å²) in [4.78, 5) is 26.3. The standard InChI is InChI=1S/C24H30N2O3/c1-15(2)19-11-10-16(3)14-21(19)29-13-7-12-26-23-17(4)8-6-9-20(23)22(24(26)28)25-18(5)27/h6,8-11,14-15,22H,7,12-13H2,1-5H3,(H,25,27)/t22-/m1/s1. The summed E-state index contributed by atoms with van der Waals surface area (Å²) in [5.41, 5.74) is 5.17. The molecule has 2 aromatic rings. The van der Waals surface area contributed by atoms with Crippen LogP contribution in [0.4, 0.5) is 5.69 Å². The minimum Gasteiger partial charge on any atom is -0.493 e. The van der Waals surface area contributed by atoms with Crippen LogP contribution in [0.25, 0.3) is 0 Å². The minimum absolute atomic E-state index is 0.0806. The molecule has 154 valence electrons. The second-order valence-electron chi connectivity index (χ2n) is 8.03. The normalized spacial score (nSPS) is 15.6. The molecule has 29 heavy (non-hydrogen) atoms. The van der Waals surface area contributed by atoms with Gasteiger partial charge in [0.1, 0.15) is 11.8 Å². The van der Waals surface area contributed by atoms with E-state index in [1.165, 1.54) is 18.1 Å². The van der Waals surface area contributed by atoms with Gasteiger partial charge in [0.25, 0.3) is 5.91 Å². The average Bonchev–Trinajstić information content (AvgIpc) is 2.91. The lowest BCUT2D eigenvalue weighted by molar-refractivity contribution is -0.126. The van der Waals surface area contributed by atoms with E-state index < -0.39 is 6.04 Å². The zero-order valence-electron chi connectivity index (χ0n) is 17.9. The third kappa shape index (κ3) is 4.44. The number of carbonyl (C=O) groups is 2. The van der Waals surface area contributed by atoms with E-state index in [0.717, 1.165) is 22.6 Å². The fourth-order valence-corrected chi connectivity index (χ4v) is 3.90. The van der Waals surface area contributed by atoms with Crippen molar-refractivity contribution in [3.05, 3.63) is 58.7 Å². The summed E-state index contributed by atoms with van der Waals surface area (Å²) in [7, 11) is 0. The number of aryl methyl sites for hydroxylation is 2. The molecule has 1 atom stereocenters. The summed E-state index contributed by atoms with van der Waals surface area (Å²) in [5, 5.41) is 2.79. The maximum absolute atomic E-state index is 13.0. The molecule has 1 heterocycles. The molecule has 0 saturated carbocycles. The number of hydrogen-bond donors (Lipinski definition) is 1. The van der Waals surface area contributed by atoms with Crippen molar-refractivity contribution in [1.82, 2.24) is 5.32 Å². The molecule has 0 saturated heterocycles. The second kappa shape index (κ2) is 8.68. The van der Waals surface area contributed by atoms with Gasteiger partial charge in [0.15, 0.2) is 0 Å². The largest absolute Gasteiger partial charge is 0.493 e. The molecular formula is C24H30N2O3. The van der Waals surface area contributed by atoms with Gasteiger partial charge in [-0.1, -0.05) is 44.2 Å². The summed E-state index contributed by atoms with van der Waals surface area (Å²) in [6.07, 6.45) is 0.706. The molecule has 0 unspecified atom stereocenters. The number of nitrogens with zero attached hydrogens (tertiary/aromatic N) is 1. The zero-order chi connectivity index (χ0) is 21.1. The van der Waals surface area contributed by atoms with Crippen LogP contribution in [0.1, 0.15) is 61.4 Å². The Hall–Kier alpha value is -2.82. The van der Waals surface area contributed by atoms with Gasteiger partial charge in [0, 0.05) is 19.0 Å². The number of fused-ring (bicyclic) bond motifs is 1. The Bertz CT molecular complexity index is 920. The van der Waals surface area contributed by atoms with Crippen LogP contribution in [0.5, 0.6) is 5.75 Å². The number of carbonyl (C=O) groups excluding carboxylic acids is 2. The Labute approximate surface area is 173 Å². The number of nitrogens with one attached hydrogen (secondary N) is 1. The predicted octanol–water partition coefficient (Wildman–Crippen LogP) is 4.42. The lowest BCUT2D eigenvalue weighted by atomic mass is 10.0. The van der Waals surface area contributed by atoms with Crippen LogP contribution in [-0.4, -0.2) is 25.0 Å². The Morgan fingerprint density at radius 2 is 1.97 bits per heavy atom. The zero-order valence-corrected chi connectivity index (χ0v) is 17.9. The summed E-state index contributed by atoms with van der Waals surface area (Å²) in [6.45, 7) is 10.9. The van der Waals surface area contributed by atoms with Crippen LogP contribution < -0.4 is 15.0 Å². The van der Waals surface area contributed by atoms with E-state index in [9.17, 15) is 9.59 Å². The molecule has 0 aromatic heterocycles. The molecule has 2 amide bonds. The molecule has 0 aliphatic carbocycles. The predicted molar refractivity (Wildman–Crippen MR) is 115 cm³/mol. The highest BCUT2D eigenvalue weighted by atomic mass is 16.5. The van der Waals surface area contributed by atoms with Gasteiger partial charge in [-0.3, -0.25) is 9.59 Å². The van der Waals surface area contributed by atoms with E-state index in [1.54, 1.807) is 4.90 Å². The van der Waals surface area contributed by atoms with E-state index in [1.807, 2.05) is 25.1 Å². The number of rotatable bonds is 7. The summed E-state index contributed by atoms with van der Waals surface area (Å²) in [6, 6.07) is 11.5. The lowest BCUT2D eigenvalue weighted by Crippen LogP contribution is -2.37. The van der Waals surface area contributed by atoms with E-state index in [-0.39, 0.29) is 11.8 Å². The first kappa shape index (κ1) is 20.9. The monoisotopic (exact) mass is 394 g/mol. The fraction of sp³-hybridized carbons (Fsp3) is 0.417. The quantitative estimate of drug-likeness (QED) is 0.707. The van der Waals surface area contributed by atoms with Crippen molar-refractivity contribution >= 4 is 17.5 Å². The number of anilines is 1. The van der Waals surface area contributed by atoms with Gasteiger partial charge in [0.05, 0.1) is 12.3 Å². The maximum atomic E-state index is 13.0. The molecule has 1 aliphatic rings. The van der Waals surface area contributed by atoms with Crippen LogP contribution in [0.15, 0.2) is 36.4 Å². The Kier molecular flexibility index (Phi) is 6.26. The highest BCUT2D eigenvalue weighted by Gasteiger charge is 2.38. The molecule has 1 aliphatic heterocycles. The molecule has 0 radical (unpaired) electrons. The number of hydrogen-bond acceptors (Lipinski definition) is 3. The summed E-state index contributed by atoms with van der Waals surface area (Å²) in [5.74, 6) is 1.02. The van der Waals surface area contributed by atoms with Crippen LogP contribution in [0, 0.1) is 13.8 Å². The fourth-order valence-electron chi connectivity index (χ4n) is 3.90. The minimum atomic E-state index is -0.604. The molecule has 5 nitrogen and oxygen atoms in total. The summed E-state index contributed by atoms with van der Waals surface area (Å²) < 4.78 is 6.08. The van der Waals surface area contributed by atoms with E-state index in [2.05, 4.69) is 44.3 Å². The van der Waals surface area contributed by atoms with Crippen LogP contribution in [0.3, 0.4) is 0 Å². The molecule has 0 spiro atoms. The number of ether oxygens (including phenoxy) is 1. The third-order valence-corrected chi connectivity index (χ3v) is 5.29. The van der Waals surface area contributed by atoms with Gasteiger partial charge < -0.3 is 15.0 Å². The lowest BCUT2D eigenvalue weighted by Gasteiger charge is -2.20. The maximum Gasteiger partial charge on any atom is 0.254 e. The van der Waals surface area contributed by atoms with Crippen molar-refractivity contribution in [2.45, 2.75) is 53.0 Å². The molecule has 1 N–H and O–H groups in total. The molecule has 0 fully saturated rings. The number of amides is 2. The molecule has 0 bridgehead atoms. The van der Waals surface area contributed by atoms with Gasteiger partial charge in [-0.15, -0.1) is 0 Å². The van der Waals surface area contributed by atoms with E-state index in [0.29, 0.717) is 25.5 Å².